The van der Waals surface area contributed by atoms with Crippen molar-refractivity contribution in [2.24, 2.45) is 0 Å². The van der Waals surface area contributed by atoms with Crippen molar-refractivity contribution in [1.82, 2.24) is 0 Å². The lowest BCUT2D eigenvalue weighted by Crippen LogP contribution is -2.18. The largest absolute Gasteiger partial charge is 0.322 e. The van der Waals surface area contributed by atoms with Gasteiger partial charge < -0.3 is 10.6 Å². The van der Waals surface area contributed by atoms with Crippen LogP contribution in [0.15, 0.2) is 54.6 Å². The van der Waals surface area contributed by atoms with Crippen LogP contribution in [0, 0.1) is 0 Å². The number of rotatable bonds is 4. The molecule has 4 rings (SSSR count). The molecule has 1 aliphatic carbocycles. The summed E-state index contributed by atoms with van der Waals surface area (Å²) in [5, 5.41) is 7.17. The van der Waals surface area contributed by atoms with E-state index in [0.717, 1.165) is 37.7 Å². The number of carbonyl (C=O) groups excluding carboxylic acids is 2. The van der Waals surface area contributed by atoms with Crippen LogP contribution in [0.25, 0.3) is 0 Å². The number of amides is 2. The quantitative estimate of drug-likeness (QED) is 0.491. The van der Waals surface area contributed by atoms with E-state index in [1.165, 1.54) is 16.2 Å². The highest BCUT2D eigenvalue weighted by molar-refractivity contribution is 7.17. The van der Waals surface area contributed by atoms with Crippen molar-refractivity contribution in [3.8, 4) is 0 Å². The Morgan fingerprint density at radius 3 is 2.31 bits per heavy atom. The van der Waals surface area contributed by atoms with Crippen molar-refractivity contribution in [2.45, 2.75) is 32.1 Å². The van der Waals surface area contributed by atoms with Crippen molar-refractivity contribution >= 4 is 45.4 Å². The Bertz CT molecular complexity index is 1030. The number of anilines is 2. The third-order valence-corrected chi connectivity index (χ3v) is 6.47. The standard InChI is InChI=1S/C23H21ClN2O2S/c24-16-11-13-17(14-12-16)25-22(28)20-18-9-5-2-6-10-19(18)29-23(20)26-21(27)15-7-3-1-4-8-15/h1,3-4,7-8,11-14H,2,5-6,9-10H2,(H,25,28)(H,26,27). The number of benzene rings is 2. The first-order valence-corrected chi connectivity index (χ1v) is 10.9. The molecule has 2 aromatic carbocycles. The van der Waals surface area contributed by atoms with E-state index in [1.54, 1.807) is 36.4 Å². The molecule has 0 radical (unpaired) electrons. The van der Waals surface area contributed by atoms with Gasteiger partial charge in [0.15, 0.2) is 0 Å². The summed E-state index contributed by atoms with van der Waals surface area (Å²) in [4.78, 5) is 27.1. The first-order valence-electron chi connectivity index (χ1n) is 9.69. The van der Waals surface area contributed by atoms with Crippen molar-refractivity contribution in [2.75, 3.05) is 10.6 Å². The smallest absolute Gasteiger partial charge is 0.258 e. The number of aryl methyl sites for hydroxylation is 1. The summed E-state index contributed by atoms with van der Waals surface area (Å²) >= 11 is 7.47. The van der Waals surface area contributed by atoms with Gasteiger partial charge in [0.1, 0.15) is 5.00 Å². The van der Waals surface area contributed by atoms with Gasteiger partial charge in [0.2, 0.25) is 0 Å². The molecule has 0 bridgehead atoms. The average Bonchev–Trinajstić information content (AvgIpc) is 2.90. The average molecular weight is 425 g/mol. The van der Waals surface area contributed by atoms with E-state index in [2.05, 4.69) is 10.6 Å². The Morgan fingerprint density at radius 1 is 0.828 bits per heavy atom. The summed E-state index contributed by atoms with van der Waals surface area (Å²) in [5.41, 5.74) is 2.90. The maximum absolute atomic E-state index is 13.2. The fourth-order valence-corrected chi connectivity index (χ4v) is 4.97. The second-order valence-electron chi connectivity index (χ2n) is 7.05. The predicted octanol–water partition coefficient (Wildman–Crippen LogP) is 6.18. The fourth-order valence-electron chi connectivity index (χ4n) is 3.56. The van der Waals surface area contributed by atoms with Crippen molar-refractivity contribution < 1.29 is 9.59 Å². The monoisotopic (exact) mass is 424 g/mol. The first kappa shape index (κ1) is 19.7. The second kappa shape index (κ2) is 8.80. The predicted molar refractivity (Wildman–Crippen MR) is 119 cm³/mol. The Morgan fingerprint density at radius 2 is 1.55 bits per heavy atom. The maximum atomic E-state index is 13.2. The van der Waals surface area contributed by atoms with E-state index in [-0.39, 0.29) is 11.8 Å². The first-order chi connectivity index (χ1) is 14.1. The van der Waals surface area contributed by atoms with Crippen molar-refractivity contribution in [1.29, 1.82) is 0 Å². The van der Waals surface area contributed by atoms with E-state index in [4.69, 9.17) is 11.6 Å². The Kier molecular flexibility index (Phi) is 5.97. The zero-order valence-electron chi connectivity index (χ0n) is 15.8. The Balaban J connectivity index is 1.66. The molecule has 0 saturated heterocycles. The molecule has 1 aliphatic rings. The lowest BCUT2D eigenvalue weighted by molar-refractivity contribution is 0.102. The molecule has 1 heterocycles. The molecule has 1 aromatic heterocycles. The van der Waals surface area contributed by atoms with Crippen LogP contribution in [0.1, 0.15) is 50.4 Å². The summed E-state index contributed by atoms with van der Waals surface area (Å²) in [6, 6.07) is 16.1. The third-order valence-electron chi connectivity index (χ3n) is 5.01. The summed E-state index contributed by atoms with van der Waals surface area (Å²) in [6.45, 7) is 0. The molecule has 0 spiro atoms. The molecular weight excluding hydrogens is 404 g/mol. The number of carbonyl (C=O) groups is 2. The van der Waals surface area contributed by atoms with Crippen LogP contribution in [0.5, 0.6) is 0 Å². The lowest BCUT2D eigenvalue weighted by Gasteiger charge is -2.10. The molecular formula is C23H21ClN2O2S. The Labute approximate surface area is 178 Å². The van der Waals surface area contributed by atoms with E-state index < -0.39 is 0 Å². The maximum Gasteiger partial charge on any atom is 0.258 e. The number of hydrogen-bond acceptors (Lipinski definition) is 3. The number of nitrogens with one attached hydrogen (secondary N) is 2. The van der Waals surface area contributed by atoms with Gasteiger partial charge in [0, 0.05) is 21.2 Å². The SMILES string of the molecule is O=C(Nc1sc2c(c1C(=O)Nc1ccc(Cl)cc1)CCCCC2)c1ccccc1. The minimum absolute atomic E-state index is 0.199. The third kappa shape index (κ3) is 4.52. The van der Waals surface area contributed by atoms with E-state index in [0.29, 0.717) is 26.8 Å². The second-order valence-corrected chi connectivity index (χ2v) is 8.59. The van der Waals surface area contributed by atoms with Crippen LogP contribution in [0.3, 0.4) is 0 Å². The molecule has 6 heteroatoms. The topological polar surface area (TPSA) is 58.2 Å². The van der Waals surface area contributed by atoms with Crippen LogP contribution in [-0.2, 0) is 12.8 Å². The zero-order valence-corrected chi connectivity index (χ0v) is 17.4. The van der Waals surface area contributed by atoms with Gasteiger partial charge in [-0.2, -0.15) is 0 Å². The molecule has 4 nitrogen and oxygen atoms in total. The van der Waals surface area contributed by atoms with Crippen molar-refractivity contribution in [3.05, 3.63) is 81.2 Å². The number of fused-ring (bicyclic) bond motifs is 1. The molecule has 2 amide bonds. The molecule has 148 valence electrons. The summed E-state index contributed by atoms with van der Waals surface area (Å²) in [5.74, 6) is -0.405. The van der Waals surface area contributed by atoms with Gasteiger partial charge in [0.25, 0.3) is 11.8 Å². The van der Waals surface area contributed by atoms with Gasteiger partial charge in [-0.05, 0) is 67.6 Å². The van der Waals surface area contributed by atoms with E-state index >= 15 is 0 Å². The number of thiophene rings is 1. The van der Waals surface area contributed by atoms with Crippen LogP contribution < -0.4 is 10.6 Å². The van der Waals surface area contributed by atoms with Gasteiger partial charge in [0.05, 0.1) is 5.56 Å². The molecule has 2 N–H and O–H groups in total. The number of hydrogen-bond donors (Lipinski definition) is 2. The normalized spacial score (nSPS) is 13.3. The summed E-state index contributed by atoms with van der Waals surface area (Å²) in [7, 11) is 0. The van der Waals surface area contributed by atoms with Gasteiger partial charge in [-0.15, -0.1) is 11.3 Å². The summed E-state index contributed by atoms with van der Waals surface area (Å²) < 4.78 is 0. The number of halogens is 1. The van der Waals surface area contributed by atoms with Crippen LogP contribution in [-0.4, -0.2) is 11.8 Å². The minimum Gasteiger partial charge on any atom is -0.322 e. The van der Waals surface area contributed by atoms with Gasteiger partial charge in [-0.25, -0.2) is 0 Å². The van der Waals surface area contributed by atoms with Crippen LogP contribution >= 0.6 is 22.9 Å². The molecule has 0 saturated carbocycles. The lowest BCUT2D eigenvalue weighted by atomic mass is 10.0. The highest BCUT2D eigenvalue weighted by Crippen LogP contribution is 2.38. The molecule has 3 aromatic rings. The van der Waals surface area contributed by atoms with Crippen LogP contribution in [0.2, 0.25) is 5.02 Å². The van der Waals surface area contributed by atoms with Crippen molar-refractivity contribution in [3.63, 3.8) is 0 Å². The highest BCUT2D eigenvalue weighted by Gasteiger charge is 2.26. The van der Waals surface area contributed by atoms with Crippen LogP contribution in [0.4, 0.5) is 10.7 Å². The molecule has 29 heavy (non-hydrogen) atoms. The molecule has 0 atom stereocenters. The van der Waals surface area contributed by atoms with E-state index in [9.17, 15) is 9.59 Å². The fraction of sp³-hybridized carbons (Fsp3) is 0.217. The minimum atomic E-state index is -0.206. The van der Waals surface area contributed by atoms with E-state index in [1.807, 2.05) is 18.2 Å². The highest BCUT2D eigenvalue weighted by atomic mass is 35.5. The van der Waals surface area contributed by atoms with Gasteiger partial charge in [-0.1, -0.05) is 36.2 Å². The van der Waals surface area contributed by atoms with Gasteiger partial charge >= 0.3 is 0 Å². The molecule has 0 aliphatic heterocycles. The Hall–Kier alpha value is -2.63. The summed E-state index contributed by atoms with van der Waals surface area (Å²) in [6.07, 6.45) is 5.12. The van der Waals surface area contributed by atoms with Gasteiger partial charge in [-0.3, -0.25) is 9.59 Å². The molecule has 0 unspecified atom stereocenters. The molecule has 0 fully saturated rings. The zero-order chi connectivity index (χ0) is 20.2.